The average Bonchev–Trinajstić information content (AvgIpc) is 3.61. The molecule has 224 valence electrons. The standard InChI is InChI=1S/C45H33NO/c1-45(2)39-26-24-31(30-14-5-3-6-15-30)28-37(39)38-29-33(25-27-40(38)45)46(32-16-7-4-8-17-32)41-21-11-9-18-34(41)35-20-13-23-43-44(35)36-19-10-12-22-42(36)47-43/h3-29H,1-2H3. The Labute approximate surface area is 275 Å². The van der Waals surface area contributed by atoms with E-state index in [1.54, 1.807) is 0 Å². The minimum absolute atomic E-state index is 0.0914. The third-order valence-corrected chi connectivity index (χ3v) is 9.88. The van der Waals surface area contributed by atoms with Gasteiger partial charge in [0.15, 0.2) is 0 Å². The quantitative estimate of drug-likeness (QED) is 0.195. The average molecular weight is 604 g/mol. The minimum Gasteiger partial charge on any atom is -0.456 e. The zero-order valence-electron chi connectivity index (χ0n) is 26.4. The van der Waals surface area contributed by atoms with Crippen molar-refractivity contribution < 1.29 is 4.42 Å². The summed E-state index contributed by atoms with van der Waals surface area (Å²) in [4.78, 5) is 2.41. The molecular weight excluding hydrogens is 571 g/mol. The third-order valence-electron chi connectivity index (χ3n) is 9.88. The van der Waals surface area contributed by atoms with Gasteiger partial charge in [-0.05, 0) is 87.5 Å². The molecule has 8 aromatic rings. The molecule has 7 aromatic carbocycles. The first-order valence-corrected chi connectivity index (χ1v) is 16.3. The lowest BCUT2D eigenvalue weighted by Crippen LogP contribution is -2.15. The molecule has 0 fully saturated rings. The summed E-state index contributed by atoms with van der Waals surface area (Å²) in [6.07, 6.45) is 0. The van der Waals surface area contributed by atoms with Crippen molar-refractivity contribution >= 4 is 39.0 Å². The highest BCUT2D eigenvalue weighted by Crippen LogP contribution is 2.52. The minimum atomic E-state index is -0.0914. The number of anilines is 3. The van der Waals surface area contributed by atoms with Gasteiger partial charge in [-0.15, -0.1) is 0 Å². The van der Waals surface area contributed by atoms with Gasteiger partial charge in [0.1, 0.15) is 11.2 Å². The summed E-state index contributed by atoms with van der Waals surface area (Å²) in [5, 5.41) is 2.27. The highest BCUT2D eigenvalue weighted by molar-refractivity contribution is 6.13. The van der Waals surface area contributed by atoms with E-state index in [4.69, 9.17) is 4.42 Å². The van der Waals surface area contributed by atoms with Crippen LogP contribution in [0.5, 0.6) is 0 Å². The van der Waals surface area contributed by atoms with Crippen LogP contribution in [0.15, 0.2) is 168 Å². The lowest BCUT2D eigenvalue weighted by molar-refractivity contribution is 0.660. The Bertz CT molecular complexity index is 2440. The zero-order chi connectivity index (χ0) is 31.5. The number of nitrogens with zero attached hydrogens (tertiary/aromatic N) is 1. The van der Waals surface area contributed by atoms with Crippen LogP contribution in [0.3, 0.4) is 0 Å². The number of hydrogen-bond acceptors (Lipinski definition) is 2. The second-order valence-corrected chi connectivity index (χ2v) is 12.9. The van der Waals surface area contributed by atoms with E-state index in [0.717, 1.165) is 50.1 Å². The van der Waals surface area contributed by atoms with E-state index in [9.17, 15) is 0 Å². The van der Waals surface area contributed by atoms with Crippen LogP contribution in [0.25, 0.3) is 55.3 Å². The topological polar surface area (TPSA) is 16.4 Å². The van der Waals surface area contributed by atoms with E-state index >= 15 is 0 Å². The normalized spacial score (nSPS) is 13.1. The number of furan rings is 1. The summed E-state index contributed by atoms with van der Waals surface area (Å²) < 4.78 is 6.32. The van der Waals surface area contributed by atoms with Crippen molar-refractivity contribution in [2.24, 2.45) is 0 Å². The van der Waals surface area contributed by atoms with Crippen LogP contribution >= 0.6 is 0 Å². The Morgan fingerprint density at radius 1 is 0.447 bits per heavy atom. The van der Waals surface area contributed by atoms with Crippen molar-refractivity contribution in [1.29, 1.82) is 0 Å². The van der Waals surface area contributed by atoms with E-state index < -0.39 is 0 Å². The summed E-state index contributed by atoms with van der Waals surface area (Å²) in [5.41, 5.74) is 15.2. The molecule has 0 spiro atoms. The number of benzene rings is 7. The second-order valence-electron chi connectivity index (χ2n) is 12.9. The Hall–Kier alpha value is -5.86. The molecule has 2 nitrogen and oxygen atoms in total. The molecule has 0 bridgehead atoms. The Morgan fingerprint density at radius 2 is 1.09 bits per heavy atom. The van der Waals surface area contributed by atoms with E-state index in [2.05, 4.69) is 170 Å². The highest BCUT2D eigenvalue weighted by Gasteiger charge is 2.36. The molecule has 1 heterocycles. The Kier molecular flexibility index (Phi) is 6.20. The zero-order valence-corrected chi connectivity index (χ0v) is 26.4. The van der Waals surface area contributed by atoms with Gasteiger partial charge in [0.25, 0.3) is 0 Å². The lowest BCUT2D eigenvalue weighted by Gasteiger charge is -2.29. The van der Waals surface area contributed by atoms with Crippen molar-refractivity contribution in [3.8, 4) is 33.4 Å². The summed E-state index contributed by atoms with van der Waals surface area (Å²) >= 11 is 0. The number of hydrogen-bond donors (Lipinski definition) is 0. The molecule has 0 aliphatic heterocycles. The summed E-state index contributed by atoms with van der Waals surface area (Å²) in [6.45, 7) is 4.69. The molecule has 1 aliphatic rings. The molecule has 2 heteroatoms. The molecule has 47 heavy (non-hydrogen) atoms. The van der Waals surface area contributed by atoms with Crippen LogP contribution in [0.4, 0.5) is 17.1 Å². The summed E-state index contributed by atoms with van der Waals surface area (Å²) in [6, 6.07) is 58.9. The molecule has 0 amide bonds. The Morgan fingerprint density at radius 3 is 1.91 bits per heavy atom. The van der Waals surface area contributed by atoms with E-state index in [1.165, 1.54) is 33.4 Å². The van der Waals surface area contributed by atoms with Gasteiger partial charge in [-0.25, -0.2) is 0 Å². The first kappa shape index (κ1) is 27.5. The fraction of sp³-hybridized carbons (Fsp3) is 0.0667. The van der Waals surface area contributed by atoms with Crippen LogP contribution in [0, 0.1) is 0 Å². The maximum Gasteiger partial charge on any atom is 0.136 e. The van der Waals surface area contributed by atoms with Gasteiger partial charge < -0.3 is 9.32 Å². The molecule has 9 rings (SSSR count). The molecule has 0 N–H and O–H groups in total. The van der Waals surface area contributed by atoms with Crippen molar-refractivity contribution in [3.05, 3.63) is 175 Å². The molecule has 0 saturated carbocycles. The maximum absolute atomic E-state index is 6.32. The molecular formula is C45H33NO. The van der Waals surface area contributed by atoms with Crippen LogP contribution in [0.2, 0.25) is 0 Å². The molecule has 0 saturated heterocycles. The van der Waals surface area contributed by atoms with E-state index in [-0.39, 0.29) is 5.41 Å². The van der Waals surface area contributed by atoms with Gasteiger partial charge in [-0.1, -0.05) is 129 Å². The van der Waals surface area contributed by atoms with Crippen LogP contribution in [-0.2, 0) is 5.41 Å². The van der Waals surface area contributed by atoms with Crippen molar-refractivity contribution in [2.45, 2.75) is 19.3 Å². The van der Waals surface area contributed by atoms with Crippen molar-refractivity contribution in [1.82, 2.24) is 0 Å². The maximum atomic E-state index is 6.32. The van der Waals surface area contributed by atoms with Gasteiger partial charge in [-0.2, -0.15) is 0 Å². The van der Waals surface area contributed by atoms with Crippen LogP contribution < -0.4 is 4.90 Å². The van der Waals surface area contributed by atoms with Crippen molar-refractivity contribution in [2.75, 3.05) is 4.90 Å². The third kappa shape index (κ3) is 4.33. The number of fused-ring (bicyclic) bond motifs is 6. The van der Waals surface area contributed by atoms with Crippen LogP contribution in [0.1, 0.15) is 25.0 Å². The monoisotopic (exact) mass is 603 g/mol. The van der Waals surface area contributed by atoms with Gasteiger partial charge in [0.05, 0.1) is 5.69 Å². The van der Waals surface area contributed by atoms with Gasteiger partial charge >= 0.3 is 0 Å². The molecule has 1 aliphatic carbocycles. The number of para-hydroxylation sites is 3. The molecule has 0 atom stereocenters. The smallest absolute Gasteiger partial charge is 0.136 e. The SMILES string of the molecule is CC1(C)c2ccc(-c3ccccc3)cc2-c2cc(N(c3ccccc3)c3ccccc3-c3cccc4oc5ccccc5c34)ccc21. The predicted molar refractivity (Wildman–Crippen MR) is 197 cm³/mol. The Balaban J connectivity index is 1.26. The van der Waals surface area contributed by atoms with Gasteiger partial charge in [-0.3, -0.25) is 0 Å². The highest BCUT2D eigenvalue weighted by atomic mass is 16.3. The van der Waals surface area contributed by atoms with E-state index in [1.807, 2.05) is 12.1 Å². The summed E-state index contributed by atoms with van der Waals surface area (Å²) in [7, 11) is 0. The van der Waals surface area contributed by atoms with Gasteiger partial charge in [0, 0.05) is 33.1 Å². The summed E-state index contributed by atoms with van der Waals surface area (Å²) in [5.74, 6) is 0. The largest absolute Gasteiger partial charge is 0.456 e. The lowest BCUT2D eigenvalue weighted by atomic mass is 9.82. The fourth-order valence-electron chi connectivity index (χ4n) is 7.61. The van der Waals surface area contributed by atoms with Crippen LogP contribution in [-0.4, -0.2) is 0 Å². The predicted octanol–water partition coefficient (Wildman–Crippen LogP) is 12.7. The first-order valence-electron chi connectivity index (χ1n) is 16.3. The fourth-order valence-corrected chi connectivity index (χ4v) is 7.61. The first-order chi connectivity index (χ1) is 23.1. The van der Waals surface area contributed by atoms with E-state index in [0.29, 0.717) is 0 Å². The molecule has 1 aromatic heterocycles. The number of rotatable bonds is 5. The van der Waals surface area contributed by atoms with Gasteiger partial charge in [0.2, 0.25) is 0 Å². The second kappa shape index (κ2) is 10.6. The molecule has 0 radical (unpaired) electrons. The van der Waals surface area contributed by atoms with Crippen molar-refractivity contribution in [3.63, 3.8) is 0 Å². The molecule has 0 unspecified atom stereocenters.